The summed E-state index contributed by atoms with van der Waals surface area (Å²) in [4.78, 5) is 28.3. The maximum Gasteiger partial charge on any atom is 0.357 e. The normalized spacial score (nSPS) is 10.1. The van der Waals surface area contributed by atoms with Gasteiger partial charge in [0.2, 0.25) is 0 Å². The molecule has 0 aliphatic heterocycles. The van der Waals surface area contributed by atoms with Crippen molar-refractivity contribution in [1.29, 1.82) is 0 Å². The molecule has 0 aliphatic rings. The molecule has 0 spiro atoms. The standard InChI is InChI=1S/C17H17NO4/c1-3-21-16(19)13-10-11-14(12-8-6-5-7-9-12)18-15(13)17(20)22-4-2/h5-11H,3-4H2,1-2H3. The van der Waals surface area contributed by atoms with E-state index in [-0.39, 0.29) is 24.5 Å². The van der Waals surface area contributed by atoms with Crippen molar-refractivity contribution in [3.8, 4) is 11.3 Å². The van der Waals surface area contributed by atoms with Gasteiger partial charge < -0.3 is 9.47 Å². The number of esters is 2. The third-order valence-corrected chi connectivity index (χ3v) is 2.93. The van der Waals surface area contributed by atoms with Gasteiger partial charge >= 0.3 is 11.9 Å². The summed E-state index contributed by atoms with van der Waals surface area (Å²) in [5.74, 6) is -1.22. The Kier molecular flexibility index (Phi) is 5.25. The van der Waals surface area contributed by atoms with E-state index in [0.717, 1.165) is 5.56 Å². The molecule has 0 fully saturated rings. The summed E-state index contributed by atoms with van der Waals surface area (Å²) in [5, 5.41) is 0. The van der Waals surface area contributed by atoms with Crippen molar-refractivity contribution in [2.45, 2.75) is 13.8 Å². The van der Waals surface area contributed by atoms with E-state index in [4.69, 9.17) is 9.47 Å². The first-order chi connectivity index (χ1) is 10.7. The summed E-state index contributed by atoms with van der Waals surface area (Å²) in [5.41, 5.74) is 1.53. The minimum absolute atomic E-state index is 0.0262. The van der Waals surface area contributed by atoms with Crippen LogP contribution in [0.4, 0.5) is 0 Å². The smallest absolute Gasteiger partial charge is 0.357 e. The first-order valence-corrected chi connectivity index (χ1v) is 7.08. The van der Waals surface area contributed by atoms with Gasteiger partial charge in [-0.1, -0.05) is 30.3 Å². The van der Waals surface area contributed by atoms with Crippen molar-refractivity contribution in [3.05, 3.63) is 53.7 Å². The second-order valence-corrected chi connectivity index (χ2v) is 4.40. The molecule has 0 atom stereocenters. The minimum atomic E-state index is -0.636. The third kappa shape index (κ3) is 3.49. The van der Waals surface area contributed by atoms with Crippen LogP contribution in [0, 0.1) is 0 Å². The number of pyridine rings is 1. The molecule has 0 radical (unpaired) electrons. The number of benzene rings is 1. The molecule has 2 rings (SSSR count). The predicted molar refractivity (Wildman–Crippen MR) is 81.6 cm³/mol. The van der Waals surface area contributed by atoms with E-state index in [2.05, 4.69) is 4.98 Å². The molecule has 0 saturated carbocycles. The van der Waals surface area contributed by atoms with E-state index in [1.165, 1.54) is 0 Å². The van der Waals surface area contributed by atoms with Gasteiger partial charge in [0.1, 0.15) is 0 Å². The molecule has 0 unspecified atom stereocenters. The van der Waals surface area contributed by atoms with E-state index in [1.54, 1.807) is 26.0 Å². The Balaban J connectivity index is 2.48. The number of rotatable bonds is 5. The summed E-state index contributed by atoms with van der Waals surface area (Å²) in [6, 6.07) is 12.6. The zero-order chi connectivity index (χ0) is 15.9. The average molecular weight is 299 g/mol. The highest BCUT2D eigenvalue weighted by Crippen LogP contribution is 2.20. The zero-order valence-electron chi connectivity index (χ0n) is 12.5. The lowest BCUT2D eigenvalue weighted by Gasteiger charge is -2.09. The van der Waals surface area contributed by atoms with Crippen LogP contribution in [-0.2, 0) is 9.47 Å². The lowest BCUT2D eigenvalue weighted by atomic mass is 10.1. The summed E-state index contributed by atoms with van der Waals surface area (Å²) in [7, 11) is 0. The SMILES string of the molecule is CCOC(=O)c1ccc(-c2ccccc2)nc1C(=O)OCC. The monoisotopic (exact) mass is 299 g/mol. The van der Waals surface area contributed by atoms with Crippen LogP contribution in [0.2, 0.25) is 0 Å². The molecule has 5 nitrogen and oxygen atoms in total. The fraction of sp³-hybridized carbons (Fsp3) is 0.235. The van der Waals surface area contributed by atoms with Gasteiger partial charge in [-0.2, -0.15) is 0 Å². The number of hydrogen-bond donors (Lipinski definition) is 0. The Labute approximate surface area is 128 Å². The molecule has 0 bridgehead atoms. The van der Waals surface area contributed by atoms with Crippen LogP contribution in [0.15, 0.2) is 42.5 Å². The van der Waals surface area contributed by atoms with Crippen molar-refractivity contribution in [1.82, 2.24) is 4.98 Å². The molecule has 1 heterocycles. The fourth-order valence-electron chi connectivity index (χ4n) is 1.96. The second kappa shape index (κ2) is 7.36. The topological polar surface area (TPSA) is 65.5 Å². The molecular weight excluding hydrogens is 282 g/mol. The Morgan fingerprint density at radius 3 is 2.18 bits per heavy atom. The number of aromatic nitrogens is 1. The lowest BCUT2D eigenvalue weighted by molar-refractivity contribution is 0.0473. The maximum absolute atomic E-state index is 12.1. The zero-order valence-corrected chi connectivity index (χ0v) is 12.5. The van der Waals surface area contributed by atoms with E-state index in [0.29, 0.717) is 5.69 Å². The number of hydrogen-bond acceptors (Lipinski definition) is 5. The highest BCUT2D eigenvalue weighted by molar-refractivity contribution is 6.02. The first-order valence-electron chi connectivity index (χ1n) is 7.08. The van der Waals surface area contributed by atoms with Gasteiger partial charge in [0.15, 0.2) is 5.69 Å². The summed E-state index contributed by atoms with van der Waals surface area (Å²) >= 11 is 0. The van der Waals surface area contributed by atoms with Crippen molar-refractivity contribution in [3.63, 3.8) is 0 Å². The van der Waals surface area contributed by atoms with Gasteiger partial charge in [0.25, 0.3) is 0 Å². The van der Waals surface area contributed by atoms with Crippen LogP contribution in [0.1, 0.15) is 34.7 Å². The Morgan fingerprint density at radius 1 is 0.909 bits per heavy atom. The number of carbonyl (C=O) groups is 2. The Morgan fingerprint density at radius 2 is 1.55 bits per heavy atom. The number of carbonyl (C=O) groups excluding carboxylic acids is 2. The summed E-state index contributed by atoms with van der Waals surface area (Å²) in [6.45, 7) is 3.83. The van der Waals surface area contributed by atoms with Gasteiger partial charge in [0.05, 0.1) is 24.5 Å². The molecular formula is C17H17NO4. The van der Waals surface area contributed by atoms with Crippen LogP contribution in [-0.4, -0.2) is 30.1 Å². The molecule has 22 heavy (non-hydrogen) atoms. The van der Waals surface area contributed by atoms with Crippen molar-refractivity contribution in [2.24, 2.45) is 0 Å². The summed E-state index contributed by atoms with van der Waals surface area (Å²) in [6.07, 6.45) is 0. The van der Waals surface area contributed by atoms with Gasteiger partial charge in [-0.25, -0.2) is 14.6 Å². The van der Waals surface area contributed by atoms with Crippen molar-refractivity contribution in [2.75, 3.05) is 13.2 Å². The molecule has 0 saturated heterocycles. The molecule has 0 N–H and O–H groups in total. The second-order valence-electron chi connectivity index (χ2n) is 4.40. The van der Waals surface area contributed by atoms with Gasteiger partial charge in [-0.05, 0) is 26.0 Å². The largest absolute Gasteiger partial charge is 0.462 e. The number of ether oxygens (including phenoxy) is 2. The predicted octanol–water partition coefficient (Wildman–Crippen LogP) is 3.10. The Hall–Kier alpha value is -2.69. The number of nitrogens with zero attached hydrogens (tertiary/aromatic N) is 1. The van der Waals surface area contributed by atoms with Crippen LogP contribution in [0.25, 0.3) is 11.3 Å². The fourth-order valence-corrected chi connectivity index (χ4v) is 1.96. The molecule has 1 aromatic carbocycles. The molecule has 1 aromatic heterocycles. The van der Waals surface area contributed by atoms with E-state index in [9.17, 15) is 9.59 Å². The van der Waals surface area contributed by atoms with Crippen LogP contribution in [0.3, 0.4) is 0 Å². The minimum Gasteiger partial charge on any atom is -0.462 e. The molecule has 0 amide bonds. The van der Waals surface area contributed by atoms with Crippen LogP contribution in [0.5, 0.6) is 0 Å². The van der Waals surface area contributed by atoms with Crippen LogP contribution >= 0.6 is 0 Å². The van der Waals surface area contributed by atoms with Crippen molar-refractivity contribution >= 4 is 11.9 Å². The first kappa shape index (κ1) is 15.7. The van der Waals surface area contributed by atoms with Gasteiger partial charge in [0, 0.05) is 5.56 Å². The molecule has 114 valence electrons. The van der Waals surface area contributed by atoms with Gasteiger partial charge in [-0.3, -0.25) is 0 Å². The highest BCUT2D eigenvalue weighted by Gasteiger charge is 2.21. The van der Waals surface area contributed by atoms with Crippen molar-refractivity contribution < 1.29 is 19.1 Å². The van der Waals surface area contributed by atoms with Gasteiger partial charge in [-0.15, -0.1) is 0 Å². The quantitative estimate of drug-likeness (QED) is 0.794. The third-order valence-electron chi connectivity index (χ3n) is 2.93. The van der Waals surface area contributed by atoms with Crippen LogP contribution < -0.4 is 0 Å². The van der Waals surface area contributed by atoms with E-state index in [1.807, 2.05) is 30.3 Å². The molecule has 5 heteroatoms. The summed E-state index contributed by atoms with van der Waals surface area (Å²) < 4.78 is 9.93. The average Bonchev–Trinajstić information content (AvgIpc) is 2.55. The van der Waals surface area contributed by atoms with E-state index < -0.39 is 11.9 Å². The highest BCUT2D eigenvalue weighted by atomic mass is 16.5. The molecule has 2 aromatic rings. The molecule has 0 aliphatic carbocycles. The van der Waals surface area contributed by atoms with E-state index >= 15 is 0 Å². The maximum atomic E-state index is 12.1. The lowest BCUT2D eigenvalue weighted by Crippen LogP contribution is -2.16. The Bertz CT molecular complexity index is 668.